The minimum Gasteiger partial charge on any atom is -0.347 e. The summed E-state index contributed by atoms with van der Waals surface area (Å²) >= 11 is 5.96. The fourth-order valence-electron chi connectivity index (χ4n) is 7.34. The number of hydrogen-bond donors (Lipinski definition) is 1. The van der Waals surface area contributed by atoms with Gasteiger partial charge in [0, 0.05) is 38.0 Å². The number of nitrogens with one attached hydrogen (secondary N) is 1. The molecule has 2 bridgehead atoms. The number of tetrazole rings is 1. The molecule has 2 amide bonds. The highest BCUT2D eigenvalue weighted by Crippen LogP contribution is 2.52. The molecule has 224 valence electrons. The predicted octanol–water partition coefficient (Wildman–Crippen LogP) is 5.47. The number of hydrogen-bond acceptors (Lipinski definition) is 5. The standard InChI is InChI=1S/C22H31ClN6O2.C11H12/c1-4-16(2)22(14-20-25-26-27-28(20)3)9-11-29(12-10-22)21(31)19(24-15-30)13-17-5-7-18(23)8-6-17;1-2-4-11-9-6-5-8(7-9)10(11)3-1/h5-8,15-16,19H,4,9-14H2,1-3H3,(H,24,30);1-4,8-9H,5-7H2/t16?,19-;/m1./s1. The molecule has 3 unspecified atom stereocenters. The Balaban J connectivity index is 0.000000262. The summed E-state index contributed by atoms with van der Waals surface area (Å²) in [4.78, 5) is 26.3. The molecule has 2 aliphatic carbocycles. The molecule has 1 saturated carbocycles. The lowest BCUT2D eigenvalue weighted by atomic mass is 9.66. The number of rotatable bonds is 9. The lowest BCUT2D eigenvalue weighted by molar-refractivity contribution is -0.137. The second-order valence-electron chi connectivity index (χ2n) is 12.4. The van der Waals surface area contributed by atoms with Crippen LogP contribution in [0.3, 0.4) is 0 Å². The van der Waals surface area contributed by atoms with Gasteiger partial charge in [-0.3, -0.25) is 9.59 Å². The van der Waals surface area contributed by atoms with Gasteiger partial charge in [0.05, 0.1) is 0 Å². The summed E-state index contributed by atoms with van der Waals surface area (Å²) in [7, 11) is 1.87. The minimum absolute atomic E-state index is 0.0415. The molecular formula is C33H43ClN6O2. The molecule has 0 spiro atoms. The number of carbonyl (C=O) groups is 2. The van der Waals surface area contributed by atoms with Crippen molar-refractivity contribution in [2.75, 3.05) is 13.1 Å². The normalized spacial score (nSPS) is 21.6. The van der Waals surface area contributed by atoms with Gasteiger partial charge in [-0.25, -0.2) is 4.68 Å². The van der Waals surface area contributed by atoms with Crippen LogP contribution in [0.5, 0.6) is 0 Å². The molecule has 3 aliphatic rings. The Labute approximate surface area is 254 Å². The van der Waals surface area contributed by atoms with Gasteiger partial charge in [0.1, 0.15) is 6.04 Å². The van der Waals surface area contributed by atoms with Crippen molar-refractivity contribution in [2.24, 2.45) is 18.4 Å². The number of piperidine rings is 1. The second-order valence-corrected chi connectivity index (χ2v) is 12.8. The largest absolute Gasteiger partial charge is 0.347 e. The van der Waals surface area contributed by atoms with Crippen LogP contribution in [0.4, 0.5) is 0 Å². The summed E-state index contributed by atoms with van der Waals surface area (Å²) in [5.74, 6) is 3.18. The van der Waals surface area contributed by atoms with Gasteiger partial charge < -0.3 is 10.2 Å². The van der Waals surface area contributed by atoms with Gasteiger partial charge in [-0.05, 0) is 94.5 Å². The number of amides is 2. The number of nitrogens with zero attached hydrogens (tertiary/aromatic N) is 5. The van der Waals surface area contributed by atoms with Gasteiger partial charge in [0.2, 0.25) is 12.3 Å². The number of fused-ring (bicyclic) bond motifs is 5. The highest BCUT2D eigenvalue weighted by Gasteiger charge is 2.41. The first-order valence-electron chi connectivity index (χ1n) is 15.4. The summed E-state index contributed by atoms with van der Waals surface area (Å²) in [5.41, 5.74) is 4.32. The van der Waals surface area contributed by atoms with Crippen LogP contribution >= 0.6 is 11.6 Å². The van der Waals surface area contributed by atoms with Crippen LogP contribution in [-0.2, 0) is 29.5 Å². The van der Waals surface area contributed by atoms with Crippen molar-refractivity contribution in [3.05, 3.63) is 76.1 Å². The third kappa shape index (κ3) is 6.54. The Morgan fingerprint density at radius 3 is 2.29 bits per heavy atom. The van der Waals surface area contributed by atoms with E-state index in [0.717, 1.165) is 48.9 Å². The topological polar surface area (TPSA) is 93.0 Å². The summed E-state index contributed by atoms with van der Waals surface area (Å²) < 4.78 is 1.73. The molecule has 2 fully saturated rings. The van der Waals surface area contributed by atoms with E-state index in [-0.39, 0.29) is 11.3 Å². The van der Waals surface area contributed by atoms with E-state index < -0.39 is 6.04 Å². The fraction of sp³-hybridized carbons (Fsp3) is 0.545. The molecule has 2 aromatic carbocycles. The van der Waals surface area contributed by atoms with Crippen LogP contribution in [0.25, 0.3) is 0 Å². The Morgan fingerprint density at radius 2 is 1.74 bits per heavy atom. The Bertz CT molecular complexity index is 1320. The van der Waals surface area contributed by atoms with Crippen molar-refractivity contribution in [2.45, 2.75) is 83.1 Å². The van der Waals surface area contributed by atoms with Gasteiger partial charge >= 0.3 is 0 Å². The van der Waals surface area contributed by atoms with E-state index in [1.165, 1.54) is 19.3 Å². The molecule has 4 atom stereocenters. The van der Waals surface area contributed by atoms with Gasteiger partial charge in [-0.1, -0.05) is 68.3 Å². The number of aromatic nitrogens is 4. The van der Waals surface area contributed by atoms with Crippen molar-refractivity contribution in [1.82, 2.24) is 30.4 Å². The molecule has 3 aromatic rings. The van der Waals surface area contributed by atoms with Crippen LogP contribution < -0.4 is 5.32 Å². The van der Waals surface area contributed by atoms with Gasteiger partial charge in [-0.15, -0.1) is 5.10 Å². The van der Waals surface area contributed by atoms with E-state index in [1.54, 1.807) is 27.9 Å². The molecule has 1 aliphatic heterocycles. The molecule has 1 aromatic heterocycles. The zero-order valence-electron chi connectivity index (χ0n) is 25.0. The average Bonchev–Trinajstić information content (AvgIpc) is 3.75. The monoisotopic (exact) mass is 590 g/mol. The molecular weight excluding hydrogens is 548 g/mol. The van der Waals surface area contributed by atoms with Crippen LogP contribution in [-0.4, -0.2) is 56.6 Å². The summed E-state index contributed by atoms with van der Waals surface area (Å²) in [5, 5.41) is 15.3. The predicted molar refractivity (Wildman–Crippen MR) is 164 cm³/mol. The molecule has 6 rings (SSSR count). The van der Waals surface area contributed by atoms with E-state index in [1.807, 2.05) is 24.1 Å². The van der Waals surface area contributed by atoms with Crippen LogP contribution in [0, 0.1) is 11.3 Å². The smallest absolute Gasteiger partial charge is 0.245 e. The highest BCUT2D eigenvalue weighted by molar-refractivity contribution is 6.30. The van der Waals surface area contributed by atoms with E-state index in [2.05, 4.69) is 59.0 Å². The first-order valence-corrected chi connectivity index (χ1v) is 15.7. The Hall–Kier alpha value is -3.26. The lowest BCUT2D eigenvalue weighted by Gasteiger charge is -2.46. The van der Waals surface area contributed by atoms with Crippen molar-refractivity contribution in [3.8, 4) is 0 Å². The quantitative estimate of drug-likeness (QED) is 0.334. The minimum atomic E-state index is -0.585. The van der Waals surface area contributed by atoms with E-state index in [0.29, 0.717) is 36.9 Å². The van der Waals surface area contributed by atoms with Crippen molar-refractivity contribution in [3.63, 3.8) is 0 Å². The van der Waals surface area contributed by atoms with E-state index >= 15 is 0 Å². The molecule has 9 heteroatoms. The molecule has 0 radical (unpaired) electrons. The Kier molecular flexibility index (Phi) is 9.61. The third-order valence-corrected chi connectivity index (χ3v) is 10.4. The maximum absolute atomic E-state index is 13.2. The van der Waals surface area contributed by atoms with Crippen LogP contribution in [0.15, 0.2) is 48.5 Å². The number of halogens is 1. The van der Waals surface area contributed by atoms with Crippen LogP contribution in [0.2, 0.25) is 5.02 Å². The summed E-state index contributed by atoms with van der Waals surface area (Å²) in [6.45, 7) is 5.80. The zero-order chi connectivity index (χ0) is 29.7. The third-order valence-electron chi connectivity index (χ3n) is 10.2. The van der Waals surface area contributed by atoms with Crippen LogP contribution in [0.1, 0.15) is 86.7 Å². The van der Waals surface area contributed by atoms with Crippen molar-refractivity contribution >= 4 is 23.9 Å². The maximum atomic E-state index is 13.2. The van der Waals surface area contributed by atoms with Gasteiger partial charge in [-0.2, -0.15) is 0 Å². The average molecular weight is 591 g/mol. The number of likely N-dealkylation sites (tertiary alicyclic amines) is 1. The molecule has 2 heterocycles. The maximum Gasteiger partial charge on any atom is 0.245 e. The van der Waals surface area contributed by atoms with Crippen molar-refractivity contribution < 1.29 is 9.59 Å². The van der Waals surface area contributed by atoms with Gasteiger partial charge in [0.15, 0.2) is 5.82 Å². The summed E-state index contributed by atoms with van der Waals surface area (Å²) in [6.07, 6.45) is 9.01. The van der Waals surface area contributed by atoms with E-state index in [9.17, 15) is 9.59 Å². The SMILES string of the molecule is CCC(C)C1(Cc2nnnn2C)CCN(C(=O)[C@@H](Cc2ccc(Cl)cc2)NC=O)CC1.c1ccc2c(c1)C1CCC2C1. The molecule has 42 heavy (non-hydrogen) atoms. The first-order chi connectivity index (χ1) is 20.3. The molecule has 1 saturated heterocycles. The van der Waals surface area contributed by atoms with Crippen molar-refractivity contribution in [1.29, 1.82) is 0 Å². The fourth-order valence-corrected chi connectivity index (χ4v) is 7.47. The lowest BCUT2D eigenvalue weighted by Crippen LogP contribution is -2.53. The molecule has 8 nitrogen and oxygen atoms in total. The van der Waals surface area contributed by atoms with E-state index in [4.69, 9.17) is 11.6 Å². The summed E-state index contributed by atoms with van der Waals surface area (Å²) in [6, 6.07) is 15.8. The number of aryl methyl sites for hydroxylation is 1. The highest BCUT2D eigenvalue weighted by atomic mass is 35.5. The molecule has 1 N–H and O–H groups in total. The second kappa shape index (κ2) is 13.4. The van der Waals surface area contributed by atoms with Gasteiger partial charge in [0.25, 0.3) is 0 Å². The number of carbonyl (C=O) groups excluding carboxylic acids is 2. The zero-order valence-corrected chi connectivity index (χ0v) is 25.8. The number of benzene rings is 2. The first kappa shape index (κ1) is 30.2. The Morgan fingerprint density at radius 1 is 1.10 bits per heavy atom.